The Bertz CT molecular complexity index is 854. The van der Waals surface area contributed by atoms with Crippen LogP contribution in [-0.4, -0.2) is 11.8 Å². The maximum Gasteiger partial charge on any atom is 0.231 e. The first-order chi connectivity index (χ1) is 12.3. The molecule has 3 nitrogen and oxygen atoms in total. The highest BCUT2D eigenvalue weighted by Crippen LogP contribution is 2.56. The molecule has 25 heavy (non-hydrogen) atoms. The highest BCUT2D eigenvalue weighted by molar-refractivity contribution is 6.08. The number of nitrogens with one attached hydrogen (secondary N) is 1. The molecule has 3 aliphatic rings. The van der Waals surface area contributed by atoms with Gasteiger partial charge in [0, 0.05) is 11.8 Å². The number of allylic oxidation sites excluding steroid dienone is 3. The van der Waals surface area contributed by atoms with Crippen LogP contribution in [-0.2, 0) is 9.59 Å². The summed E-state index contributed by atoms with van der Waals surface area (Å²) in [6.45, 7) is 0. The molecule has 3 heteroatoms. The number of carbonyl (C=O) groups excluding carboxylic acids is 2. The van der Waals surface area contributed by atoms with Crippen LogP contribution in [0.3, 0.4) is 0 Å². The van der Waals surface area contributed by atoms with E-state index in [-0.39, 0.29) is 35.5 Å². The molecule has 2 aromatic carbocycles. The van der Waals surface area contributed by atoms with E-state index in [2.05, 4.69) is 41.7 Å². The molecule has 4 atom stereocenters. The van der Waals surface area contributed by atoms with Crippen molar-refractivity contribution in [2.45, 2.75) is 0 Å². The van der Waals surface area contributed by atoms with Crippen LogP contribution >= 0.6 is 0 Å². The van der Waals surface area contributed by atoms with Crippen molar-refractivity contribution in [1.29, 1.82) is 0 Å². The average molecular weight is 327 g/mol. The van der Waals surface area contributed by atoms with Gasteiger partial charge in [-0.3, -0.25) is 14.9 Å². The lowest BCUT2D eigenvalue weighted by Gasteiger charge is -2.18. The SMILES string of the molecule is O=C1NC(=O)[C@H]2[C@@H]1[C@@H]1C=C[C@H]2C1=C(c1ccccc1)c1ccccc1. The van der Waals surface area contributed by atoms with Gasteiger partial charge in [0.05, 0.1) is 11.8 Å². The van der Waals surface area contributed by atoms with Crippen molar-refractivity contribution in [2.75, 3.05) is 0 Å². The highest BCUT2D eigenvalue weighted by atomic mass is 16.2. The van der Waals surface area contributed by atoms with E-state index in [0.717, 1.165) is 16.7 Å². The van der Waals surface area contributed by atoms with Gasteiger partial charge in [-0.25, -0.2) is 0 Å². The summed E-state index contributed by atoms with van der Waals surface area (Å²) in [5, 5.41) is 2.52. The zero-order valence-corrected chi connectivity index (χ0v) is 13.6. The van der Waals surface area contributed by atoms with Gasteiger partial charge < -0.3 is 0 Å². The first-order valence-corrected chi connectivity index (χ1v) is 8.63. The van der Waals surface area contributed by atoms with Gasteiger partial charge in [-0.15, -0.1) is 0 Å². The van der Waals surface area contributed by atoms with Crippen molar-refractivity contribution in [3.63, 3.8) is 0 Å². The number of amides is 2. The predicted molar refractivity (Wildman–Crippen MR) is 95.2 cm³/mol. The highest BCUT2D eigenvalue weighted by Gasteiger charge is 2.59. The average Bonchev–Trinajstić information content (AvgIpc) is 3.29. The second-order valence-electron chi connectivity index (χ2n) is 6.90. The Balaban J connectivity index is 1.75. The summed E-state index contributed by atoms with van der Waals surface area (Å²) in [5.74, 6) is -0.719. The molecule has 2 aliphatic carbocycles. The molecule has 0 radical (unpaired) electrons. The summed E-state index contributed by atoms with van der Waals surface area (Å²) in [5.41, 5.74) is 4.65. The van der Waals surface area contributed by atoms with Crippen molar-refractivity contribution in [1.82, 2.24) is 5.32 Å². The molecule has 1 N–H and O–H groups in total. The Labute approximate surface area is 146 Å². The molecule has 122 valence electrons. The second kappa shape index (κ2) is 5.28. The van der Waals surface area contributed by atoms with E-state index in [1.165, 1.54) is 5.57 Å². The van der Waals surface area contributed by atoms with Crippen LogP contribution in [0.4, 0.5) is 0 Å². The summed E-state index contributed by atoms with van der Waals surface area (Å²) < 4.78 is 0. The standard InChI is InChI=1S/C22H17NO2/c24-21-19-15-11-12-16(20(19)22(25)23-21)18(15)17(13-7-3-1-4-8-13)14-9-5-2-6-10-14/h1-12,15-16,19-20H,(H,23,24,25)/t15-,16+,19+,20-. The third-order valence-electron chi connectivity index (χ3n) is 5.67. The molecule has 2 aromatic rings. The van der Waals surface area contributed by atoms with Gasteiger partial charge in [0.25, 0.3) is 0 Å². The number of hydrogen-bond donors (Lipinski definition) is 1. The van der Waals surface area contributed by atoms with E-state index in [1.54, 1.807) is 0 Å². The van der Waals surface area contributed by atoms with E-state index in [9.17, 15) is 9.59 Å². The summed E-state index contributed by atoms with van der Waals surface area (Å²) >= 11 is 0. The maximum absolute atomic E-state index is 12.3. The lowest BCUT2D eigenvalue weighted by molar-refractivity contribution is -0.126. The molecule has 2 bridgehead atoms. The number of imide groups is 1. The zero-order chi connectivity index (χ0) is 17.0. The molecule has 2 fully saturated rings. The maximum atomic E-state index is 12.3. The molecule has 1 aliphatic heterocycles. The van der Waals surface area contributed by atoms with Crippen molar-refractivity contribution < 1.29 is 9.59 Å². The molecule has 2 amide bonds. The second-order valence-corrected chi connectivity index (χ2v) is 6.90. The van der Waals surface area contributed by atoms with E-state index < -0.39 is 0 Å². The molecule has 1 saturated heterocycles. The minimum Gasteiger partial charge on any atom is -0.296 e. The van der Waals surface area contributed by atoms with Crippen molar-refractivity contribution in [3.05, 3.63) is 89.5 Å². The number of fused-ring (bicyclic) bond motifs is 5. The van der Waals surface area contributed by atoms with E-state index in [4.69, 9.17) is 0 Å². The summed E-state index contributed by atoms with van der Waals surface area (Å²) in [6.07, 6.45) is 4.23. The minimum atomic E-state index is -0.250. The fraction of sp³-hybridized carbons (Fsp3) is 0.182. The number of carbonyl (C=O) groups is 2. The molecule has 0 unspecified atom stereocenters. The number of rotatable bonds is 2. The van der Waals surface area contributed by atoms with Gasteiger partial charge in [0.15, 0.2) is 0 Å². The lowest BCUT2D eigenvalue weighted by Crippen LogP contribution is -2.26. The summed E-state index contributed by atoms with van der Waals surface area (Å²) in [6, 6.07) is 20.5. The Morgan fingerprint density at radius 2 is 1.12 bits per heavy atom. The summed E-state index contributed by atoms with van der Waals surface area (Å²) in [7, 11) is 0. The molecule has 5 rings (SSSR count). The lowest BCUT2D eigenvalue weighted by atomic mass is 9.85. The van der Waals surface area contributed by atoms with Crippen LogP contribution in [0.25, 0.3) is 5.57 Å². The van der Waals surface area contributed by atoms with Crippen LogP contribution in [0, 0.1) is 23.7 Å². The van der Waals surface area contributed by atoms with Crippen LogP contribution in [0.5, 0.6) is 0 Å². The van der Waals surface area contributed by atoms with Gasteiger partial charge in [0.2, 0.25) is 11.8 Å². The van der Waals surface area contributed by atoms with Gasteiger partial charge >= 0.3 is 0 Å². The van der Waals surface area contributed by atoms with E-state index in [0.29, 0.717) is 0 Å². The molecular weight excluding hydrogens is 310 g/mol. The van der Waals surface area contributed by atoms with Gasteiger partial charge in [-0.05, 0) is 22.3 Å². The van der Waals surface area contributed by atoms with Crippen molar-refractivity contribution >= 4 is 17.4 Å². The predicted octanol–water partition coefficient (Wildman–Crippen LogP) is 3.19. The van der Waals surface area contributed by atoms with Gasteiger partial charge in [-0.1, -0.05) is 72.8 Å². The van der Waals surface area contributed by atoms with Crippen LogP contribution in [0.1, 0.15) is 11.1 Å². The fourth-order valence-electron chi connectivity index (χ4n) is 4.73. The molecule has 0 spiro atoms. The topological polar surface area (TPSA) is 46.2 Å². The monoisotopic (exact) mass is 327 g/mol. The Morgan fingerprint density at radius 3 is 1.56 bits per heavy atom. The quantitative estimate of drug-likeness (QED) is 0.680. The number of benzene rings is 2. The summed E-state index contributed by atoms with van der Waals surface area (Å²) in [4.78, 5) is 24.6. The molecule has 1 heterocycles. The van der Waals surface area contributed by atoms with E-state index >= 15 is 0 Å². The van der Waals surface area contributed by atoms with Crippen molar-refractivity contribution in [3.8, 4) is 0 Å². The number of hydrogen-bond acceptors (Lipinski definition) is 2. The third kappa shape index (κ3) is 1.99. The zero-order valence-electron chi connectivity index (χ0n) is 13.6. The Hall–Kier alpha value is -2.94. The molecule has 0 aromatic heterocycles. The fourth-order valence-corrected chi connectivity index (χ4v) is 4.73. The third-order valence-corrected chi connectivity index (χ3v) is 5.67. The van der Waals surface area contributed by atoms with E-state index in [1.807, 2.05) is 36.4 Å². The van der Waals surface area contributed by atoms with Crippen molar-refractivity contribution in [2.24, 2.45) is 23.7 Å². The van der Waals surface area contributed by atoms with Crippen LogP contribution in [0.15, 0.2) is 78.4 Å². The molecular formula is C22H17NO2. The normalized spacial score (nSPS) is 29.0. The largest absolute Gasteiger partial charge is 0.296 e. The molecule has 1 saturated carbocycles. The smallest absolute Gasteiger partial charge is 0.231 e. The van der Waals surface area contributed by atoms with Crippen LogP contribution < -0.4 is 5.32 Å². The van der Waals surface area contributed by atoms with Crippen LogP contribution in [0.2, 0.25) is 0 Å². The van der Waals surface area contributed by atoms with Gasteiger partial charge in [-0.2, -0.15) is 0 Å². The first-order valence-electron chi connectivity index (χ1n) is 8.63. The Morgan fingerprint density at radius 1 is 0.680 bits per heavy atom. The minimum absolute atomic E-state index is 0.0110. The Kier molecular flexibility index (Phi) is 3.04. The first kappa shape index (κ1) is 14.4. The van der Waals surface area contributed by atoms with Gasteiger partial charge in [0.1, 0.15) is 0 Å².